The minimum atomic E-state index is -0.764. The van der Waals surface area contributed by atoms with E-state index < -0.39 is 18.2 Å². The molecule has 8 nitrogen and oxygen atoms in total. The predicted octanol–water partition coefficient (Wildman–Crippen LogP) is 3.05. The van der Waals surface area contributed by atoms with Crippen molar-refractivity contribution in [2.45, 2.75) is 65.8 Å². The summed E-state index contributed by atoms with van der Waals surface area (Å²) in [5.41, 5.74) is 1.91. The van der Waals surface area contributed by atoms with Gasteiger partial charge in [0.15, 0.2) is 0 Å². The monoisotopic (exact) mass is 515 g/mol. The van der Waals surface area contributed by atoms with Crippen LogP contribution in [0.2, 0.25) is 0 Å². The van der Waals surface area contributed by atoms with Crippen LogP contribution in [0.1, 0.15) is 44.0 Å². The number of aliphatic hydroxyl groups excluding tert-OH is 1. The third kappa shape index (κ3) is 7.75. The van der Waals surface area contributed by atoms with Gasteiger partial charge in [-0.1, -0.05) is 58.0 Å². The van der Waals surface area contributed by atoms with E-state index in [9.17, 15) is 14.7 Å². The van der Waals surface area contributed by atoms with Gasteiger partial charge in [0.2, 0.25) is 5.91 Å². The topological polar surface area (TPSA) is 97.8 Å². The van der Waals surface area contributed by atoms with Gasteiger partial charge in [0.05, 0.1) is 29.4 Å². The van der Waals surface area contributed by atoms with Gasteiger partial charge in [-0.2, -0.15) is 0 Å². The van der Waals surface area contributed by atoms with Crippen LogP contribution in [0, 0.1) is 18.8 Å². The second-order valence-corrected chi connectivity index (χ2v) is 11.4. The van der Waals surface area contributed by atoms with E-state index in [0.717, 1.165) is 22.8 Å². The highest BCUT2D eigenvalue weighted by Gasteiger charge is 2.40. The molecule has 2 aromatic rings. The van der Waals surface area contributed by atoms with Crippen LogP contribution in [-0.2, 0) is 17.8 Å². The third-order valence-electron chi connectivity index (χ3n) is 6.38. The Hall–Kier alpha value is -2.49. The first kappa shape index (κ1) is 28.1. The maximum atomic E-state index is 13.6. The van der Waals surface area contributed by atoms with Crippen molar-refractivity contribution in [2.75, 3.05) is 26.2 Å². The summed E-state index contributed by atoms with van der Waals surface area (Å²) >= 11 is 1.57. The Morgan fingerprint density at radius 2 is 1.86 bits per heavy atom. The number of benzene rings is 1. The number of carbonyl (C=O) groups is 2. The van der Waals surface area contributed by atoms with Crippen LogP contribution >= 0.6 is 11.3 Å². The maximum absolute atomic E-state index is 13.6. The molecule has 198 valence electrons. The molecule has 0 radical (unpaired) electrons. The molecule has 36 heavy (non-hydrogen) atoms. The van der Waals surface area contributed by atoms with E-state index in [-0.39, 0.29) is 17.9 Å². The molecule has 9 heteroatoms. The molecule has 3 atom stereocenters. The van der Waals surface area contributed by atoms with Gasteiger partial charge < -0.3 is 25.5 Å². The number of aliphatic hydroxyl groups is 1. The van der Waals surface area contributed by atoms with Crippen molar-refractivity contribution in [1.29, 1.82) is 0 Å². The zero-order chi connectivity index (χ0) is 26.2. The van der Waals surface area contributed by atoms with Crippen LogP contribution in [-0.4, -0.2) is 76.2 Å². The van der Waals surface area contributed by atoms with E-state index in [1.54, 1.807) is 21.1 Å². The minimum Gasteiger partial charge on any atom is -0.390 e. The number of nitrogens with zero attached hydrogens (tertiary/aromatic N) is 3. The van der Waals surface area contributed by atoms with E-state index in [0.29, 0.717) is 38.5 Å². The van der Waals surface area contributed by atoms with Crippen molar-refractivity contribution in [3.05, 3.63) is 52.0 Å². The number of rotatable bonds is 13. The second-order valence-electron chi connectivity index (χ2n) is 10.4. The maximum Gasteiger partial charge on any atom is 0.321 e. The molecule has 2 heterocycles. The minimum absolute atomic E-state index is 0.0796. The summed E-state index contributed by atoms with van der Waals surface area (Å²) in [6, 6.07) is 8.61. The standard InChI is InChI=1S/C27H41N5O3S/c1-18(2)14-28-15-24(33)23(13-21-9-7-6-8-10-21)30-26(34)25(19(3)4)32-12-11-31(27(32)35)16-22-17-36-20(5)29-22/h6-10,17-19,23-25,28,33H,11-16H2,1-5H3,(H,30,34)/t23-,24+,25?/m0/s1. The zero-order valence-electron chi connectivity index (χ0n) is 22.1. The fourth-order valence-electron chi connectivity index (χ4n) is 4.57. The fourth-order valence-corrected chi connectivity index (χ4v) is 5.17. The van der Waals surface area contributed by atoms with Gasteiger partial charge in [0.25, 0.3) is 0 Å². The lowest BCUT2D eigenvalue weighted by atomic mass is 9.97. The van der Waals surface area contributed by atoms with Crippen LogP contribution in [0.3, 0.4) is 0 Å². The van der Waals surface area contributed by atoms with Gasteiger partial charge in [-0.3, -0.25) is 4.79 Å². The average molecular weight is 516 g/mol. The molecule has 1 aromatic heterocycles. The molecule has 1 aliphatic rings. The number of aromatic nitrogens is 1. The van der Waals surface area contributed by atoms with Gasteiger partial charge in [0, 0.05) is 25.0 Å². The van der Waals surface area contributed by atoms with Gasteiger partial charge in [-0.05, 0) is 37.3 Å². The third-order valence-corrected chi connectivity index (χ3v) is 7.20. The van der Waals surface area contributed by atoms with E-state index in [1.165, 1.54) is 0 Å². The highest BCUT2D eigenvalue weighted by atomic mass is 32.1. The molecule has 0 saturated carbocycles. The number of hydrogen-bond donors (Lipinski definition) is 3. The van der Waals surface area contributed by atoms with Crippen molar-refractivity contribution >= 4 is 23.3 Å². The van der Waals surface area contributed by atoms with Crippen LogP contribution < -0.4 is 10.6 Å². The molecule has 1 fully saturated rings. The summed E-state index contributed by atoms with van der Waals surface area (Å²) in [4.78, 5) is 34.8. The first-order chi connectivity index (χ1) is 17.2. The highest BCUT2D eigenvalue weighted by molar-refractivity contribution is 7.09. The van der Waals surface area contributed by atoms with E-state index in [2.05, 4.69) is 29.5 Å². The zero-order valence-corrected chi connectivity index (χ0v) is 22.9. The summed E-state index contributed by atoms with van der Waals surface area (Å²) in [6.07, 6.45) is -0.259. The van der Waals surface area contributed by atoms with Gasteiger partial charge in [0.1, 0.15) is 6.04 Å². The van der Waals surface area contributed by atoms with Crippen molar-refractivity contribution in [1.82, 2.24) is 25.4 Å². The van der Waals surface area contributed by atoms with Crippen molar-refractivity contribution in [3.8, 4) is 0 Å². The molecule has 1 saturated heterocycles. The average Bonchev–Trinajstić information content (AvgIpc) is 3.39. The summed E-state index contributed by atoms with van der Waals surface area (Å²) in [5.74, 6) is 0.152. The SMILES string of the molecule is Cc1nc(CN2CCN(C(C(=O)N[C@@H](Cc3ccccc3)[C@H](O)CNCC(C)C)C(C)C)C2=O)cs1. The van der Waals surface area contributed by atoms with Crippen molar-refractivity contribution < 1.29 is 14.7 Å². The van der Waals surface area contributed by atoms with Crippen molar-refractivity contribution in [2.24, 2.45) is 11.8 Å². The lowest BCUT2D eigenvalue weighted by Gasteiger charge is -2.33. The normalized spacial score (nSPS) is 16.6. The van der Waals surface area contributed by atoms with Crippen molar-refractivity contribution in [3.63, 3.8) is 0 Å². The second kappa shape index (κ2) is 13.2. The van der Waals surface area contributed by atoms with Crippen LogP contribution in [0.15, 0.2) is 35.7 Å². The molecular formula is C27H41N5O3S. The first-order valence-electron chi connectivity index (χ1n) is 12.8. The molecular weight excluding hydrogens is 474 g/mol. The predicted molar refractivity (Wildman–Crippen MR) is 144 cm³/mol. The van der Waals surface area contributed by atoms with E-state index >= 15 is 0 Å². The number of amides is 3. The largest absolute Gasteiger partial charge is 0.390 e. The Labute approximate surface area is 219 Å². The number of thiazole rings is 1. The molecule has 3 amide bonds. The first-order valence-corrected chi connectivity index (χ1v) is 13.7. The van der Waals surface area contributed by atoms with Gasteiger partial charge >= 0.3 is 6.03 Å². The molecule has 1 aliphatic heterocycles. The Morgan fingerprint density at radius 3 is 2.47 bits per heavy atom. The summed E-state index contributed by atoms with van der Waals surface area (Å²) in [6.45, 7) is 12.7. The Kier molecular flexibility index (Phi) is 10.3. The number of aryl methyl sites for hydroxylation is 1. The molecule has 3 rings (SSSR count). The Bertz CT molecular complexity index is 981. The Balaban J connectivity index is 1.70. The molecule has 0 aliphatic carbocycles. The van der Waals surface area contributed by atoms with Gasteiger partial charge in [-0.15, -0.1) is 11.3 Å². The summed E-state index contributed by atoms with van der Waals surface area (Å²) in [7, 11) is 0. The summed E-state index contributed by atoms with van der Waals surface area (Å²) in [5, 5.41) is 20.3. The van der Waals surface area contributed by atoms with E-state index in [1.807, 2.05) is 56.5 Å². The molecule has 3 N–H and O–H groups in total. The van der Waals surface area contributed by atoms with Gasteiger partial charge in [-0.25, -0.2) is 9.78 Å². The highest BCUT2D eigenvalue weighted by Crippen LogP contribution is 2.21. The van der Waals surface area contributed by atoms with E-state index in [4.69, 9.17) is 0 Å². The number of urea groups is 1. The Morgan fingerprint density at radius 1 is 1.14 bits per heavy atom. The fraction of sp³-hybridized carbons (Fsp3) is 0.593. The lowest BCUT2D eigenvalue weighted by molar-refractivity contribution is -0.128. The molecule has 0 bridgehead atoms. The number of nitrogens with one attached hydrogen (secondary N) is 2. The van der Waals surface area contributed by atoms with Crippen LogP contribution in [0.5, 0.6) is 0 Å². The lowest BCUT2D eigenvalue weighted by Crippen LogP contribution is -2.57. The summed E-state index contributed by atoms with van der Waals surface area (Å²) < 4.78 is 0. The molecule has 1 unspecified atom stereocenters. The van der Waals surface area contributed by atoms with Crippen LogP contribution in [0.25, 0.3) is 0 Å². The molecule has 0 spiro atoms. The number of carbonyl (C=O) groups excluding carboxylic acids is 2. The smallest absolute Gasteiger partial charge is 0.321 e. The quantitative estimate of drug-likeness (QED) is 0.381. The number of hydrogen-bond acceptors (Lipinski definition) is 6. The molecule has 1 aromatic carbocycles. The van der Waals surface area contributed by atoms with Crippen LogP contribution in [0.4, 0.5) is 4.79 Å².